The molecule has 1 aliphatic heterocycles. The van der Waals surface area contributed by atoms with Gasteiger partial charge in [-0.25, -0.2) is 4.84 Å². The summed E-state index contributed by atoms with van der Waals surface area (Å²) in [4.78, 5) is 22.4. The van der Waals surface area contributed by atoms with Crippen molar-refractivity contribution >= 4 is 34.6 Å². The van der Waals surface area contributed by atoms with E-state index in [0.717, 1.165) is 61.8 Å². The molecular formula is C41H37NO3S. The molecule has 230 valence electrons. The fraction of sp³-hybridized carbons (Fsp3) is 0.244. The van der Waals surface area contributed by atoms with Crippen LogP contribution in [0.25, 0.3) is 33.2 Å². The molecule has 2 aliphatic carbocycles. The lowest BCUT2D eigenvalue weighted by Crippen LogP contribution is -2.38. The summed E-state index contributed by atoms with van der Waals surface area (Å²) >= 11 is 1.82. The summed E-state index contributed by atoms with van der Waals surface area (Å²) in [5.41, 5.74) is 12.9. The fourth-order valence-electron chi connectivity index (χ4n) is 7.12. The minimum Gasteiger partial charge on any atom is -0.350 e. The first-order chi connectivity index (χ1) is 22.7. The van der Waals surface area contributed by atoms with Gasteiger partial charge in [0.2, 0.25) is 0 Å². The Balaban J connectivity index is 1.06. The molecule has 0 spiro atoms. The molecule has 8 rings (SSSR count). The minimum atomic E-state index is -0.424. The van der Waals surface area contributed by atoms with E-state index in [1.54, 1.807) is 5.56 Å². The molecule has 5 heteroatoms. The van der Waals surface area contributed by atoms with Crippen LogP contribution in [0.4, 0.5) is 5.69 Å². The maximum atomic E-state index is 13.6. The molecule has 1 atom stereocenters. The van der Waals surface area contributed by atoms with Crippen LogP contribution in [0.3, 0.4) is 0 Å². The molecule has 46 heavy (non-hydrogen) atoms. The predicted octanol–water partition coefficient (Wildman–Crippen LogP) is 9.70. The van der Waals surface area contributed by atoms with E-state index in [2.05, 4.69) is 66.7 Å². The average Bonchev–Trinajstić information content (AvgIpc) is 3.62. The Bertz CT molecular complexity index is 1920. The number of benzene rings is 4. The third kappa shape index (κ3) is 5.87. The summed E-state index contributed by atoms with van der Waals surface area (Å²) in [7, 11) is 0. The van der Waals surface area contributed by atoms with Gasteiger partial charge in [0.25, 0.3) is 5.91 Å². The van der Waals surface area contributed by atoms with Crippen LogP contribution in [0.5, 0.6) is 0 Å². The Morgan fingerprint density at radius 1 is 0.783 bits per heavy atom. The summed E-state index contributed by atoms with van der Waals surface area (Å²) < 4.78 is 5.87. The number of amides is 1. The van der Waals surface area contributed by atoms with Gasteiger partial charge in [0.05, 0.1) is 12.1 Å². The minimum absolute atomic E-state index is 0.110. The van der Waals surface area contributed by atoms with Crippen LogP contribution in [0.1, 0.15) is 58.4 Å². The van der Waals surface area contributed by atoms with Crippen molar-refractivity contribution in [2.75, 3.05) is 11.7 Å². The van der Waals surface area contributed by atoms with Crippen molar-refractivity contribution < 1.29 is 14.4 Å². The zero-order chi connectivity index (χ0) is 30.9. The van der Waals surface area contributed by atoms with Crippen molar-refractivity contribution in [3.8, 4) is 21.6 Å². The third-order valence-corrected chi connectivity index (χ3v) is 10.7. The van der Waals surface area contributed by atoms with Crippen molar-refractivity contribution in [3.05, 3.63) is 136 Å². The van der Waals surface area contributed by atoms with Crippen LogP contribution in [-0.2, 0) is 40.1 Å². The Morgan fingerprint density at radius 2 is 1.63 bits per heavy atom. The second kappa shape index (κ2) is 12.8. The Morgan fingerprint density at radius 3 is 2.52 bits per heavy atom. The highest BCUT2D eigenvalue weighted by atomic mass is 32.1. The van der Waals surface area contributed by atoms with Gasteiger partial charge < -0.3 is 4.74 Å². The van der Waals surface area contributed by atoms with Crippen molar-refractivity contribution in [3.63, 3.8) is 0 Å². The number of fused-ring (bicyclic) bond motifs is 5. The number of ether oxygens (including phenoxy) is 1. The number of rotatable bonds is 7. The van der Waals surface area contributed by atoms with E-state index in [4.69, 9.17) is 9.57 Å². The maximum Gasteiger partial charge on any atom is 0.255 e. The van der Waals surface area contributed by atoms with E-state index < -0.39 is 6.29 Å². The van der Waals surface area contributed by atoms with E-state index in [1.807, 2.05) is 53.8 Å². The van der Waals surface area contributed by atoms with Gasteiger partial charge in [-0.05, 0) is 113 Å². The quantitative estimate of drug-likeness (QED) is 0.170. The van der Waals surface area contributed by atoms with Gasteiger partial charge in [0, 0.05) is 22.8 Å². The molecule has 1 unspecified atom stereocenters. The first kappa shape index (κ1) is 29.1. The number of carbonyl (C=O) groups is 1. The van der Waals surface area contributed by atoms with E-state index >= 15 is 0 Å². The molecule has 1 amide bonds. The maximum absolute atomic E-state index is 13.6. The normalized spacial score (nSPS) is 17.0. The summed E-state index contributed by atoms with van der Waals surface area (Å²) in [6, 6.07) is 36.0. The molecule has 5 aromatic rings. The molecule has 4 nitrogen and oxygen atoms in total. The summed E-state index contributed by atoms with van der Waals surface area (Å²) in [6.07, 6.45) is 9.43. The lowest BCUT2D eigenvalue weighted by atomic mass is 9.78. The van der Waals surface area contributed by atoms with E-state index in [0.29, 0.717) is 6.61 Å². The van der Waals surface area contributed by atoms with Crippen molar-refractivity contribution in [2.24, 2.45) is 0 Å². The molecule has 0 N–H and O–H groups in total. The van der Waals surface area contributed by atoms with Crippen LogP contribution in [-0.4, -0.2) is 18.8 Å². The Kier molecular flexibility index (Phi) is 8.13. The van der Waals surface area contributed by atoms with Crippen LogP contribution >= 0.6 is 11.3 Å². The fourth-order valence-corrected chi connectivity index (χ4v) is 8.17. The molecule has 1 aromatic heterocycles. The van der Waals surface area contributed by atoms with Gasteiger partial charge in [-0.2, -0.15) is 5.06 Å². The monoisotopic (exact) mass is 623 g/mol. The molecule has 0 radical (unpaired) electrons. The molecule has 2 heterocycles. The number of aryl methyl sites for hydroxylation is 1. The average molecular weight is 624 g/mol. The lowest BCUT2D eigenvalue weighted by molar-refractivity contribution is -0.177. The second-order valence-electron chi connectivity index (χ2n) is 12.5. The molecule has 0 bridgehead atoms. The zero-order valence-electron chi connectivity index (χ0n) is 25.9. The topological polar surface area (TPSA) is 38.8 Å². The number of carbonyl (C=O) groups excluding carboxylic acids is 1. The van der Waals surface area contributed by atoms with E-state index in [9.17, 15) is 4.79 Å². The molecule has 1 saturated heterocycles. The summed E-state index contributed by atoms with van der Waals surface area (Å²) in [5.74, 6) is -0.110. The SMILES string of the molecule is O=C(Cc1ccccc1)N(OC1CCCCO1)c1cccc(-c2ccc(C3=Cc4ccc5c(c4CC3)CCc3ccccc3-5)s2)c1. The number of anilines is 1. The van der Waals surface area contributed by atoms with Crippen LogP contribution < -0.4 is 5.06 Å². The van der Waals surface area contributed by atoms with Gasteiger partial charge in [0.15, 0.2) is 6.29 Å². The number of thiophene rings is 1. The Hall–Kier alpha value is -4.29. The van der Waals surface area contributed by atoms with Gasteiger partial charge >= 0.3 is 0 Å². The lowest BCUT2D eigenvalue weighted by Gasteiger charge is -2.29. The molecule has 0 saturated carbocycles. The first-order valence-electron chi connectivity index (χ1n) is 16.5. The smallest absolute Gasteiger partial charge is 0.255 e. The second-order valence-corrected chi connectivity index (χ2v) is 13.5. The van der Waals surface area contributed by atoms with Gasteiger partial charge in [-0.15, -0.1) is 11.3 Å². The summed E-state index contributed by atoms with van der Waals surface area (Å²) in [5, 5.41) is 1.46. The number of nitrogens with zero attached hydrogens (tertiary/aromatic N) is 1. The van der Waals surface area contributed by atoms with Crippen molar-refractivity contribution in [2.45, 2.75) is 57.7 Å². The summed E-state index contributed by atoms with van der Waals surface area (Å²) in [6.45, 7) is 0.653. The van der Waals surface area contributed by atoms with Gasteiger partial charge in [-0.1, -0.05) is 84.9 Å². The number of hydroxylamine groups is 1. The van der Waals surface area contributed by atoms with Crippen LogP contribution in [0, 0.1) is 0 Å². The van der Waals surface area contributed by atoms with Crippen LogP contribution in [0.2, 0.25) is 0 Å². The highest BCUT2D eigenvalue weighted by molar-refractivity contribution is 7.16. The predicted molar refractivity (Wildman–Crippen MR) is 188 cm³/mol. The zero-order valence-corrected chi connectivity index (χ0v) is 26.7. The molecular weight excluding hydrogens is 587 g/mol. The molecule has 4 aromatic carbocycles. The standard InChI is InChI=1S/C41H37NO3S/c43-40(25-28-9-2-1-3-10-28)42(45-41-15-6-7-24-44-41)33-13-8-12-31(27-33)38-22-23-39(46-38)32-18-19-35-30(26-32)17-21-36-34-14-5-4-11-29(34)16-20-37(35)36/h1-5,8-14,17,21-23,26-27,41H,6-7,15-16,18-20,24-25H2. The largest absolute Gasteiger partial charge is 0.350 e. The number of hydrogen-bond donors (Lipinski definition) is 0. The van der Waals surface area contributed by atoms with E-state index in [1.165, 1.54) is 48.2 Å². The van der Waals surface area contributed by atoms with Crippen molar-refractivity contribution in [1.82, 2.24) is 0 Å². The molecule has 1 fully saturated rings. The van der Waals surface area contributed by atoms with Crippen molar-refractivity contribution in [1.29, 1.82) is 0 Å². The van der Waals surface area contributed by atoms with Gasteiger partial charge in [-0.3, -0.25) is 4.79 Å². The van der Waals surface area contributed by atoms with E-state index in [-0.39, 0.29) is 12.3 Å². The number of hydrogen-bond acceptors (Lipinski definition) is 4. The number of allylic oxidation sites excluding steroid dienone is 1. The first-order valence-corrected chi connectivity index (χ1v) is 17.3. The molecule has 3 aliphatic rings. The van der Waals surface area contributed by atoms with Crippen LogP contribution in [0.15, 0.2) is 103 Å². The highest BCUT2D eigenvalue weighted by Crippen LogP contribution is 2.42. The Labute approximate surface area is 274 Å². The van der Waals surface area contributed by atoms with Gasteiger partial charge in [0.1, 0.15) is 0 Å². The third-order valence-electron chi connectivity index (χ3n) is 9.47. The highest BCUT2D eigenvalue weighted by Gasteiger charge is 2.26.